The zero-order chi connectivity index (χ0) is 18.1. The van der Waals surface area contributed by atoms with Gasteiger partial charge in [0, 0.05) is 16.7 Å². The molecule has 1 aromatic carbocycles. The molecule has 4 rings (SSSR count). The Morgan fingerprint density at radius 1 is 0.885 bits per heavy atom. The number of allylic oxidation sites excluding steroid dienone is 1. The molecule has 0 bridgehead atoms. The third-order valence-corrected chi connectivity index (χ3v) is 6.92. The van der Waals surface area contributed by atoms with Crippen LogP contribution in [0.2, 0.25) is 0 Å². The van der Waals surface area contributed by atoms with Crippen molar-refractivity contribution in [2.75, 3.05) is 0 Å². The fraction of sp³-hybridized carbons (Fsp3) is 0.565. The topological polar surface area (TPSA) is 54.4 Å². The van der Waals surface area contributed by atoms with Crippen LogP contribution in [0.1, 0.15) is 80.1 Å². The van der Waals surface area contributed by atoms with Crippen LogP contribution in [-0.4, -0.2) is 16.7 Å². The number of rotatable bonds is 4. The van der Waals surface area contributed by atoms with E-state index < -0.39 is 11.6 Å². The molecule has 26 heavy (non-hydrogen) atoms. The van der Waals surface area contributed by atoms with E-state index in [1.165, 1.54) is 44.9 Å². The molecule has 0 amide bonds. The number of aliphatic hydroxyl groups excluding tert-OH is 1. The average molecular weight is 352 g/mol. The van der Waals surface area contributed by atoms with Crippen molar-refractivity contribution in [1.82, 2.24) is 0 Å². The molecule has 0 saturated heterocycles. The van der Waals surface area contributed by atoms with E-state index >= 15 is 0 Å². The Balaban J connectivity index is 1.44. The van der Waals surface area contributed by atoms with E-state index in [0.717, 1.165) is 30.6 Å². The molecule has 138 valence electrons. The molecule has 2 saturated carbocycles. The second-order valence-corrected chi connectivity index (χ2v) is 8.32. The number of hydrogen-bond donors (Lipinski definition) is 1. The summed E-state index contributed by atoms with van der Waals surface area (Å²) >= 11 is 0. The summed E-state index contributed by atoms with van der Waals surface area (Å²) in [6, 6.07) is 6.86. The quantitative estimate of drug-likeness (QED) is 0.728. The molecule has 1 aromatic rings. The third-order valence-electron chi connectivity index (χ3n) is 6.92. The van der Waals surface area contributed by atoms with Crippen LogP contribution in [-0.2, 0) is 4.79 Å². The summed E-state index contributed by atoms with van der Waals surface area (Å²) in [7, 11) is 0. The number of aliphatic hydroxyl groups is 1. The highest BCUT2D eigenvalue weighted by Gasteiger charge is 2.35. The van der Waals surface area contributed by atoms with Gasteiger partial charge in [-0.3, -0.25) is 9.59 Å². The van der Waals surface area contributed by atoms with Crippen LogP contribution in [0.4, 0.5) is 0 Å². The molecule has 0 heterocycles. The van der Waals surface area contributed by atoms with Crippen molar-refractivity contribution in [3.63, 3.8) is 0 Å². The predicted molar refractivity (Wildman–Crippen MR) is 102 cm³/mol. The Morgan fingerprint density at radius 2 is 1.62 bits per heavy atom. The molecular formula is C23H28O3. The van der Waals surface area contributed by atoms with Crippen LogP contribution in [0.25, 0.3) is 5.76 Å². The van der Waals surface area contributed by atoms with Gasteiger partial charge in [-0.1, -0.05) is 62.8 Å². The molecule has 0 aromatic heterocycles. The molecule has 0 aliphatic heterocycles. The Morgan fingerprint density at radius 3 is 2.46 bits per heavy atom. The molecule has 0 radical (unpaired) electrons. The maximum atomic E-state index is 12.4. The lowest BCUT2D eigenvalue weighted by molar-refractivity contribution is -0.112. The molecule has 0 spiro atoms. The van der Waals surface area contributed by atoms with Crippen LogP contribution in [0.3, 0.4) is 0 Å². The molecule has 3 aliphatic rings. The first-order valence-corrected chi connectivity index (χ1v) is 10.3. The maximum Gasteiger partial charge on any atom is 0.234 e. The Hall–Kier alpha value is -1.90. The van der Waals surface area contributed by atoms with E-state index in [9.17, 15) is 14.7 Å². The number of Topliss-reactive ketones (excluding diaryl/α,β-unsaturated/α-hetero) is 2. The zero-order valence-corrected chi connectivity index (χ0v) is 15.4. The highest BCUT2D eigenvalue weighted by atomic mass is 16.3. The molecule has 0 unspecified atom stereocenters. The van der Waals surface area contributed by atoms with Crippen LogP contribution in [0.5, 0.6) is 0 Å². The van der Waals surface area contributed by atoms with E-state index in [1.807, 2.05) is 0 Å². The third kappa shape index (κ3) is 3.13. The van der Waals surface area contributed by atoms with Crippen molar-refractivity contribution in [3.8, 4) is 0 Å². The summed E-state index contributed by atoms with van der Waals surface area (Å²) in [5.41, 5.74) is 1.16. The molecule has 3 aliphatic carbocycles. The van der Waals surface area contributed by atoms with Crippen LogP contribution < -0.4 is 0 Å². The summed E-state index contributed by atoms with van der Waals surface area (Å²) in [6.45, 7) is 0. The van der Waals surface area contributed by atoms with Gasteiger partial charge in [-0.25, -0.2) is 0 Å². The van der Waals surface area contributed by atoms with Crippen molar-refractivity contribution < 1.29 is 14.7 Å². The van der Waals surface area contributed by atoms with E-state index in [0.29, 0.717) is 23.1 Å². The van der Waals surface area contributed by atoms with Gasteiger partial charge in [-0.15, -0.1) is 0 Å². The number of fused-ring (bicyclic) bond motifs is 2. The molecule has 1 N–H and O–H groups in total. The fourth-order valence-corrected chi connectivity index (χ4v) is 5.62. The molecule has 3 heteroatoms. The second kappa shape index (κ2) is 7.38. The number of ketones is 2. The lowest BCUT2D eigenvalue weighted by Gasteiger charge is -2.41. The number of carbonyl (C=O) groups is 2. The van der Waals surface area contributed by atoms with E-state index in [-0.39, 0.29) is 5.76 Å². The number of hydrogen-bond acceptors (Lipinski definition) is 3. The first-order chi connectivity index (χ1) is 12.7. The monoisotopic (exact) mass is 352 g/mol. The first-order valence-electron chi connectivity index (χ1n) is 10.3. The van der Waals surface area contributed by atoms with Crippen LogP contribution in [0, 0.1) is 17.8 Å². The number of carbonyl (C=O) groups excluding carboxylic acids is 2. The van der Waals surface area contributed by atoms with E-state index in [4.69, 9.17) is 0 Å². The van der Waals surface area contributed by atoms with Gasteiger partial charge in [-0.2, -0.15) is 0 Å². The lowest BCUT2D eigenvalue weighted by Crippen LogP contribution is -2.31. The predicted octanol–water partition coefficient (Wildman–Crippen LogP) is 5.50. The van der Waals surface area contributed by atoms with E-state index in [2.05, 4.69) is 0 Å². The largest absolute Gasteiger partial charge is 0.507 e. The Kier molecular flexibility index (Phi) is 4.97. The highest BCUT2D eigenvalue weighted by molar-refractivity contribution is 6.52. The Bertz CT molecular complexity index is 744. The summed E-state index contributed by atoms with van der Waals surface area (Å²) in [6.07, 6.45) is 12.1. The second-order valence-electron chi connectivity index (χ2n) is 8.32. The van der Waals surface area contributed by atoms with Crippen molar-refractivity contribution in [1.29, 1.82) is 0 Å². The lowest BCUT2D eigenvalue weighted by atomic mass is 9.64. The summed E-state index contributed by atoms with van der Waals surface area (Å²) in [5, 5.41) is 10.5. The van der Waals surface area contributed by atoms with Crippen molar-refractivity contribution in [2.45, 2.75) is 64.2 Å². The van der Waals surface area contributed by atoms with Crippen LogP contribution in [0.15, 0.2) is 29.8 Å². The Labute approximate surface area is 155 Å². The van der Waals surface area contributed by atoms with Crippen molar-refractivity contribution >= 4 is 17.3 Å². The van der Waals surface area contributed by atoms with Gasteiger partial charge in [0.05, 0.1) is 0 Å². The standard InChI is InChI=1S/C23H28O3/c24-21-18-12-3-4-13-19(18)22(25)23(26)20(21)14-6-10-16-9-5-8-15-7-1-2-11-17(15)16/h3-4,12-13,15-17,24H,1-2,5-11,14H2/t15-,16-,17-/m0/s1. The first kappa shape index (κ1) is 17.5. The van der Waals surface area contributed by atoms with Gasteiger partial charge in [0.15, 0.2) is 0 Å². The minimum atomic E-state index is -0.514. The van der Waals surface area contributed by atoms with Gasteiger partial charge >= 0.3 is 0 Å². The van der Waals surface area contributed by atoms with E-state index in [1.54, 1.807) is 24.3 Å². The summed E-state index contributed by atoms with van der Waals surface area (Å²) < 4.78 is 0. The smallest absolute Gasteiger partial charge is 0.234 e. The SMILES string of the molecule is O=C1C(=O)c2ccccc2C(O)=C1CCC[C@@H]1CCC[C@@H]2CCCC[C@H]12. The van der Waals surface area contributed by atoms with Crippen molar-refractivity contribution in [2.24, 2.45) is 17.8 Å². The normalized spacial score (nSPS) is 28.7. The molecular weight excluding hydrogens is 324 g/mol. The molecule has 3 nitrogen and oxygen atoms in total. The summed E-state index contributed by atoms with van der Waals surface area (Å²) in [4.78, 5) is 24.8. The zero-order valence-electron chi connectivity index (χ0n) is 15.4. The minimum Gasteiger partial charge on any atom is -0.507 e. The van der Waals surface area contributed by atoms with Gasteiger partial charge < -0.3 is 5.11 Å². The van der Waals surface area contributed by atoms with Gasteiger partial charge in [0.1, 0.15) is 5.76 Å². The van der Waals surface area contributed by atoms with Gasteiger partial charge in [0.2, 0.25) is 11.6 Å². The van der Waals surface area contributed by atoms with Crippen LogP contribution >= 0.6 is 0 Å². The van der Waals surface area contributed by atoms with Gasteiger partial charge in [0.25, 0.3) is 0 Å². The maximum absolute atomic E-state index is 12.4. The average Bonchev–Trinajstić information content (AvgIpc) is 2.69. The highest BCUT2D eigenvalue weighted by Crippen LogP contribution is 2.45. The summed E-state index contributed by atoms with van der Waals surface area (Å²) in [5.74, 6) is 1.58. The molecule has 2 fully saturated rings. The fourth-order valence-electron chi connectivity index (χ4n) is 5.62. The van der Waals surface area contributed by atoms with Gasteiger partial charge in [-0.05, 0) is 43.4 Å². The minimum absolute atomic E-state index is 0.0180. The van der Waals surface area contributed by atoms with Crippen molar-refractivity contribution in [3.05, 3.63) is 41.0 Å². The number of benzene rings is 1. The molecule has 3 atom stereocenters.